The van der Waals surface area contributed by atoms with Crippen LogP contribution in [0.25, 0.3) is 0 Å². The molecule has 4 nitrogen and oxygen atoms in total. The average Bonchev–Trinajstić information content (AvgIpc) is 2.29. The van der Waals surface area contributed by atoms with Gasteiger partial charge in [0.25, 0.3) is 0 Å². The van der Waals surface area contributed by atoms with Gasteiger partial charge in [-0.1, -0.05) is 0 Å². The number of pyridine rings is 1. The number of carbonyl (C=O) groups excluding carboxylic acids is 1. The number of carbonyl (C=O) groups is 1. The minimum Gasteiger partial charge on any atom is -0.469 e. The number of esters is 1. The Balaban J connectivity index is 2.46. The van der Waals surface area contributed by atoms with E-state index < -0.39 is 0 Å². The lowest BCUT2D eigenvalue weighted by Gasteiger charge is -2.06. The third kappa shape index (κ3) is 3.79. The van der Waals surface area contributed by atoms with Gasteiger partial charge in [-0.2, -0.15) is 0 Å². The molecule has 0 aliphatic rings. The van der Waals surface area contributed by atoms with Crippen molar-refractivity contribution in [1.29, 1.82) is 0 Å². The summed E-state index contributed by atoms with van der Waals surface area (Å²) in [5, 5.41) is 3.95. The summed E-state index contributed by atoms with van der Waals surface area (Å²) in [6, 6.07) is 3.82. The van der Waals surface area contributed by atoms with Gasteiger partial charge < -0.3 is 10.1 Å². The van der Waals surface area contributed by atoms with E-state index in [4.69, 9.17) is 0 Å². The fourth-order valence-corrected chi connectivity index (χ4v) is 1.95. The molecule has 0 aliphatic heterocycles. The average molecular weight is 226 g/mol. The van der Waals surface area contributed by atoms with Gasteiger partial charge in [-0.05, 0) is 12.1 Å². The van der Waals surface area contributed by atoms with Crippen molar-refractivity contribution in [2.45, 2.75) is 11.4 Å². The summed E-state index contributed by atoms with van der Waals surface area (Å²) in [5.41, 5.74) is 0.979. The van der Waals surface area contributed by atoms with E-state index in [-0.39, 0.29) is 5.97 Å². The standard InChI is InChI=1S/C10H14N2O2S/c1-11-8-4-3-6-12-10(8)15-7-5-9(13)14-2/h3-4,6,11H,5,7H2,1-2H3. The first-order chi connectivity index (χ1) is 7.27. The van der Waals surface area contributed by atoms with Crippen molar-refractivity contribution < 1.29 is 9.53 Å². The lowest BCUT2D eigenvalue weighted by atomic mass is 10.4. The van der Waals surface area contributed by atoms with E-state index in [1.54, 1.807) is 18.0 Å². The summed E-state index contributed by atoms with van der Waals surface area (Å²) in [5.74, 6) is 0.489. The van der Waals surface area contributed by atoms with E-state index in [1.807, 2.05) is 19.2 Å². The van der Waals surface area contributed by atoms with Gasteiger partial charge in [0.1, 0.15) is 5.03 Å². The highest BCUT2D eigenvalue weighted by Crippen LogP contribution is 2.24. The molecule has 1 aromatic rings. The maximum absolute atomic E-state index is 10.9. The Labute approximate surface area is 93.4 Å². The van der Waals surface area contributed by atoms with Crippen LogP contribution in [0.5, 0.6) is 0 Å². The second-order valence-corrected chi connectivity index (χ2v) is 3.86. The maximum atomic E-state index is 10.9. The zero-order valence-corrected chi connectivity index (χ0v) is 9.63. The predicted molar refractivity (Wildman–Crippen MR) is 61.1 cm³/mol. The summed E-state index contributed by atoms with van der Waals surface area (Å²) in [6.07, 6.45) is 2.14. The van der Waals surface area contributed by atoms with Gasteiger partial charge in [0.2, 0.25) is 0 Å². The topological polar surface area (TPSA) is 51.2 Å². The predicted octanol–water partition coefficient (Wildman–Crippen LogP) is 1.78. The van der Waals surface area contributed by atoms with E-state index >= 15 is 0 Å². The van der Waals surface area contributed by atoms with Gasteiger partial charge in [0.15, 0.2) is 0 Å². The van der Waals surface area contributed by atoms with Crippen LogP contribution < -0.4 is 5.32 Å². The molecule has 0 amide bonds. The largest absolute Gasteiger partial charge is 0.469 e. The number of thioether (sulfide) groups is 1. The molecule has 0 aliphatic carbocycles. The monoisotopic (exact) mass is 226 g/mol. The molecule has 0 saturated heterocycles. The van der Waals surface area contributed by atoms with Gasteiger partial charge in [-0.3, -0.25) is 4.79 Å². The lowest BCUT2D eigenvalue weighted by Crippen LogP contribution is -2.01. The van der Waals surface area contributed by atoms with Crippen molar-refractivity contribution in [3.8, 4) is 0 Å². The SMILES string of the molecule is CNc1cccnc1SCCC(=O)OC. The van der Waals surface area contributed by atoms with Crippen molar-refractivity contribution in [2.24, 2.45) is 0 Å². The molecule has 82 valence electrons. The van der Waals surface area contributed by atoms with E-state index in [9.17, 15) is 4.79 Å². The molecule has 15 heavy (non-hydrogen) atoms. The van der Waals surface area contributed by atoms with Crippen LogP contribution in [0.1, 0.15) is 6.42 Å². The zero-order chi connectivity index (χ0) is 11.1. The number of aromatic nitrogens is 1. The summed E-state index contributed by atoms with van der Waals surface area (Å²) in [7, 11) is 3.24. The first-order valence-corrected chi connectivity index (χ1v) is 5.59. The van der Waals surface area contributed by atoms with Crippen LogP contribution in [-0.2, 0) is 9.53 Å². The van der Waals surface area contributed by atoms with Crippen LogP contribution in [0.15, 0.2) is 23.4 Å². The first-order valence-electron chi connectivity index (χ1n) is 4.60. The molecule has 0 fully saturated rings. The number of methoxy groups -OCH3 is 1. The molecule has 1 N–H and O–H groups in total. The Morgan fingerprint density at radius 3 is 3.13 bits per heavy atom. The third-order valence-corrected chi connectivity index (χ3v) is 2.82. The molecule has 0 radical (unpaired) electrons. The second kappa shape index (κ2) is 6.29. The minimum absolute atomic E-state index is 0.190. The fourth-order valence-electron chi connectivity index (χ4n) is 1.03. The zero-order valence-electron chi connectivity index (χ0n) is 8.82. The fraction of sp³-hybridized carbons (Fsp3) is 0.400. The highest BCUT2D eigenvalue weighted by atomic mass is 32.2. The van der Waals surface area contributed by atoms with Crippen LogP contribution in [0, 0.1) is 0 Å². The quantitative estimate of drug-likeness (QED) is 0.612. The molecule has 0 spiro atoms. The number of hydrogen-bond acceptors (Lipinski definition) is 5. The molecule has 0 aromatic carbocycles. The van der Waals surface area contributed by atoms with Crippen molar-refractivity contribution in [3.05, 3.63) is 18.3 Å². The number of rotatable bonds is 5. The maximum Gasteiger partial charge on any atom is 0.306 e. The number of hydrogen-bond donors (Lipinski definition) is 1. The second-order valence-electron chi connectivity index (χ2n) is 2.78. The molecule has 5 heteroatoms. The Morgan fingerprint density at radius 2 is 2.47 bits per heavy atom. The molecule has 1 aromatic heterocycles. The van der Waals surface area contributed by atoms with Crippen molar-refractivity contribution >= 4 is 23.4 Å². The van der Waals surface area contributed by atoms with E-state index in [1.165, 1.54) is 7.11 Å². The molecular formula is C10H14N2O2S. The summed E-state index contributed by atoms with van der Waals surface area (Å²) in [6.45, 7) is 0. The summed E-state index contributed by atoms with van der Waals surface area (Å²) < 4.78 is 4.56. The smallest absolute Gasteiger partial charge is 0.306 e. The highest BCUT2D eigenvalue weighted by Gasteiger charge is 2.04. The van der Waals surface area contributed by atoms with Crippen molar-refractivity contribution in [1.82, 2.24) is 4.98 Å². The molecule has 1 heterocycles. The minimum atomic E-state index is -0.190. The third-order valence-electron chi connectivity index (χ3n) is 1.81. The van der Waals surface area contributed by atoms with Crippen LogP contribution in [-0.4, -0.2) is 30.9 Å². The Hall–Kier alpha value is -1.23. The Bertz CT molecular complexity index is 331. The van der Waals surface area contributed by atoms with Crippen LogP contribution >= 0.6 is 11.8 Å². The van der Waals surface area contributed by atoms with Crippen LogP contribution in [0.4, 0.5) is 5.69 Å². The molecule has 1 rings (SSSR count). The highest BCUT2D eigenvalue weighted by molar-refractivity contribution is 7.99. The summed E-state index contributed by atoms with van der Waals surface area (Å²) in [4.78, 5) is 15.1. The van der Waals surface area contributed by atoms with Crippen molar-refractivity contribution in [2.75, 3.05) is 25.2 Å². The van der Waals surface area contributed by atoms with Gasteiger partial charge in [0, 0.05) is 19.0 Å². The van der Waals surface area contributed by atoms with Crippen molar-refractivity contribution in [3.63, 3.8) is 0 Å². The Morgan fingerprint density at radius 1 is 1.67 bits per heavy atom. The molecule has 0 unspecified atom stereocenters. The molecule has 0 saturated carbocycles. The van der Waals surface area contributed by atoms with Gasteiger partial charge in [0.05, 0.1) is 19.2 Å². The van der Waals surface area contributed by atoms with Crippen LogP contribution in [0.3, 0.4) is 0 Å². The van der Waals surface area contributed by atoms with E-state index in [0.29, 0.717) is 12.2 Å². The Kier molecular flexibility index (Phi) is 4.97. The van der Waals surface area contributed by atoms with E-state index in [2.05, 4.69) is 15.0 Å². The lowest BCUT2D eigenvalue weighted by molar-refractivity contribution is -0.140. The summed E-state index contributed by atoms with van der Waals surface area (Å²) >= 11 is 1.54. The molecule has 0 bridgehead atoms. The molecule has 0 atom stereocenters. The van der Waals surface area contributed by atoms with Gasteiger partial charge in [-0.25, -0.2) is 4.98 Å². The first kappa shape index (κ1) is 11.8. The van der Waals surface area contributed by atoms with Crippen LogP contribution in [0.2, 0.25) is 0 Å². The number of nitrogens with zero attached hydrogens (tertiary/aromatic N) is 1. The van der Waals surface area contributed by atoms with E-state index in [0.717, 1.165) is 10.7 Å². The number of anilines is 1. The van der Waals surface area contributed by atoms with Gasteiger partial charge >= 0.3 is 5.97 Å². The molecular weight excluding hydrogens is 212 g/mol. The number of nitrogens with one attached hydrogen (secondary N) is 1. The van der Waals surface area contributed by atoms with Gasteiger partial charge in [-0.15, -0.1) is 11.8 Å². The number of ether oxygens (including phenoxy) is 1. The normalized spacial score (nSPS) is 9.73.